The number of rotatable bonds is 7. The van der Waals surface area contributed by atoms with Crippen molar-refractivity contribution in [1.82, 2.24) is 20.6 Å². The van der Waals surface area contributed by atoms with Gasteiger partial charge in [0.15, 0.2) is 0 Å². The van der Waals surface area contributed by atoms with Gasteiger partial charge >= 0.3 is 6.03 Å². The molecule has 4 rings (SSSR count). The summed E-state index contributed by atoms with van der Waals surface area (Å²) >= 11 is 8.64. The molecule has 1 heterocycles. The molecule has 176 valence electrons. The number of nitrogens with one attached hydrogen (secondary N) is 3. The molecule has 0 aliphatic heterocycles. The number of aromatic amines is 1. The molecule has 4 aromatic rings. The number of benzene rings is 3. The minimum Gasteiger partial charge on any atom is -0.334 e. The summed E-state index contributed by atoms with van der Waals surface area (Å²) in [6.07, 6.45) is 0.461. The molecule has 1 aromatic heterocycles. The van der Waals surface area contributed by atoms with Crippen LogP contribution in [0.25, 0.3) is 11.3 Å². The number of nitrogens with zero attached hydrogens (tertiary/aromatic N) is 2. The number of hydrogen-bond acceptors (Lipinski definition) is 3. The number of hydrogen-bond donors (Lipinski definition) is 3. The van der Waals surface area contributed by atoms with Crippen LogP contribution in [0.5, 0.6) is 0 Å². The Hall–Kier alpha value is -3.42. The van der Waals surface area contributed by atoms with Crippen molar-refractivity contribution < 1.29 is 9.18 Å². The highest BCUT2D eigenvalue weighted by atomic mass is 127. The fraction of sp³-hybridized carbons (Fsp3) is 0.115. The molecule has 3 N–H and O–H groups in total. The number of imidazole rings is 1. The monoisotopic (exact) mass is 599 g/mol. The molecule has 0 aliphatic rings. The summed E-state index contributed by atoms with van der Waals surface area (Å²) in [4.78, 5) is 20.4. The lowest BCUT2D eigenvalue weighted by molar-refractivity contribution is 0.236. The quantitative estimate of drug-likeness (QED) is 0.223. The molecule has 1 atom stereocenters. The van der Waals surface area contributed by atoms with Crippen LogP contribution < -0.4 is 10.6 Å². The van der Waals surface area contributed by atoms with E-state index in [1.54, 1.807) is 12.1 Å². The first-order valence-electron chi connectivity index (χ1n) is 10.7. The standard InChI is InChI=1S/C26H20ClFIN5O/c27-24-23(18-9-10-19(14-30)21(28)13-18)33-25(34-24)22(12-16-5-2-1-3-6-16)32-26(35)31-15-17-7-4-8-20(29)11-17/h1-11,13,22H,12,15H2,(H,33,34)(H2,31,32,35)/t22-/m0/s1. The van der Waals surface area contributed by atoms with Gasteiger partial charge in [0, 0.05) is 15.7 Å². The highest BCUT2D eigenvalue weighted by molar-refractivity contribution is 14.1. The zero-order valence-corrected chi connectivity index (χ0v) is 21.3. The maximum absolute atomic E-state index is 14.2. The molecule has 0 unspecified atom stereocenters. The van der Waals surface area contributed by atoms with E-state index in [1.165, 1.54) is 12.1 Å². The Morgan fingerprint density at radius 2 is 1.89 bits per heavy atom. The lowest BCUT2D eigenvalue weighted by Crippen LogP contribution is -2.38. The first-order valence-corrected chi connectivity index (χ1v) is 12.2. The highest BCUT2D eigenvalue weighted by Crippen LogP contribution is 2.29. The van der Waals surface area contributed by atoms with Crippen LogP contribution >= 0.6 is 34.2 Å². The zero-order valence-electron chi connectivity index (χ0n) is 18.4. The molecule has 0 saturated carbocycles. The fourth-order valence-electron chi connectivity index (χ4n) is 3.58. The molecule has 35 heavy (non-hydrogen) atoms. The third-order valence-corrected chi connectivity index (χ3v) is 6.25. The van der Waals surface area contributed by atoms with Crippen molar-refractivity contribution in [3.63, 3.8) is 0 Å². The van der Waals surface area contributed by atoms with Crippen LogP contribution in [0.1, 0.15) is 28.6 Å². The number of halogens is 3. The maximum Gasteiger partial charge on any atom is 0.315 e. The van der Waals surface area contributed by atoms with Gasteiger partial charge in [0.1, 0.15) is 28.6 Å². The summed E-state index contributed by atoms with van der Waals surface area (Å²) in [6, 6.07) is 22.6. The van der Waals surface area contributed by atoms with Crippen LogP contribution in [0.3, 0.4) is 0 Å². The summed E-state index contributed by atoms with van der Waals surface area (Å²) in [7, 11) is 0. The van der Waals surface area contributed by atoms with Gasteiger partial charge in [-0.25, -0.2) is 14.2 Å². The van der Waals surface area contributed by atoms with Crippen LogP contribution in [0.4, 0.5) is 9.18 Å². The Morgan fingerprint density at radius 3 is 2.60 bits per heavy atom. The van der Waals surface area contributed by atoms with E-state index >= 15 is 0 Å². The third kappa shape index (κ3) is 6.38. The van der Waals surface area contributed by atoms with E-state index in [1.807, 2.05) is 54.6 Å². The van der Waals surface area contributed by atoms with E-state index < -0.39 is 11.9 Å². The molecule has 0 radical (unpaired) electrons. The van der Waals surface area contributed by atoms with Crippen molar-refractivity contribution in [2.24, 2.45) is 0 Å². The summed E-state index contributed by atoms with van der Waals surface area (Å²) in [5.74, 6) is -0.220. The van der Waals surface area contributed by atoms with Crippen molar-refractivity contribution in [2.75, 3.05) is 0 Å². The van der Waals surface area contributed by atoms with Crippen molar-refractivity contribution in [3.8, 4) is 17.3 Å². The molecule has 0 spiro atoms. The van der Waals surface area contributed by atoms with Crippen LogP contribution in [-0.4, -0.2) is 16.0 Å². The summed E-state index contributed by atoms with van der Waals surface area (Å²) in [5.41, 5.74) is 2.68. The summed E-state index contributed by atoms with van der Waals surface area (Å²) in [5, 5.41) is 15.0. The molecule has 0 aliphatic carbocycles. The van der Waals surface area contributed by atoms with Gasteiger partial charge in [-0.15, -0.1) is 0 Å². The minimum atomic E-state index is -0.653. The normalized spacial score (nSPS) is 11.5. The van der Waals surface area contributed by atoms with Crippen molar-refractivity contribution in [1.29, 1.82) is 5.26 Å². The number of urea groups is 1. The number of nitriles is 1. The predicted octanol–water partition coefficient (Wildman–Crippen LogP) is 6.13. The Bertz CT molecular complexity index is 1390. The van der Waals surface area contributed by atoms with Crippen molar-refractivity contribution in [3.05, 3.63) is 110 Å². The van der Waals surface area contributed by atoms with Gasteiger partial charge in [0.25, 0.3) is 0 Å². The second-order valence-corrected chi connectivity index (χ2v) is 9.41. The SMILES string of the molecule is N#Cc1ccc(-c2nc([C@H](Cc3ccccc3)NC(=O)NCc3cccc(I)c3)[nH]c2Cl)cc1F. The lowest BCUT2D eigenvalue weighted by Gasteiger charge is -2.17. The first kappa shape index (κ1) is 24.7. The molecular formula is C26H20ClFIN5O. The van der Waals surface area contributed by atoms with E-state index in [0.29, 0.717) is 30.0 Å². The lowest BCUT2D eigenvalue weighted by atomic mass is 10.1. The second-order valence-electron chi connectivity index (χ2n) is 7.79. The number of amides is 2. The van der Waals surface area contributed by atoms with E-state index in [-0.39, 0.29) is 16.7 Å². The van der Waals surface area contributed by atoms with Gasteiger partial charge in [-0.2, -0.15) is 5.26 Å². The smallest absolute Gasteiger partial charge is 0.315 e. The average molecular weight is 600 g/mol. The third-order valence-electron chi connectivity index (χ3n) is 5.30. The number of carbonyl (C=O) groups excluding carboxylic acids is 1. The Kier molecular flexibility index (Phi) is 8.00. The first-order chi connectivity index (χ1) is 16.9. The van der Waals surface area contributed by atoms with E-state index in [9.17, 15) is 9.18 Å². The number of H-pyrrole nitrogens is 1. The van der Waals surface area contributed by atoms with Gasteiger partial charge in [0.2, 0.25) is 0 Å². The second kappa shape index (κ2) is 11.3. The van der Waals surface area contributed by atoms with Gasteiger partial charge in [0.05, 0.1) is 11.6 Å². The molecule has 0 bridgehead atoms. The van der Waals surface area contributed by atoms with Crippen LogP contribution in [0.15, 0.2) is 72.8 Å². The number of carbonyl (C=O) groups is 1. The van der Waals surface area contributed by atoms with Gasteiger partial charge in [-0.1, -0.05) is 60.1 Å². The van der Waals surface area contributed by atoms with Crippen molar-refractivity contribution in [2.45, 2.75) is 19.0 Å². The molecule has 9 heteroatoms. The molecule has 0 fully saturated rings. The van der Waals surface area contributed by atoms with Crippen LogP contribution in [0, 0.1) is 20.7 Å². The van der Waals surface area contributed by atoms with E-state index in [0.717, 1.165) is 14.7 Å². The molecule has 2 amide bonds. The minimum absolute atomic E-state index is 0.0611. The fourth-order valence-corrected chi connectivity index (χ4v) is 4.44. The molecule has 6 nitrogen and oxygen atoms in total. The molecule has 3 aromatic carbocycles. The zero-order chi connectivity index (χ0) is 24.8. The van der Waals surface area contributed by atoms with Gasteiger partial charge in [-0.3, -0.25) is 0 Å². The van der Waals surface area contributed by atoms with Gasteiger partial charge < -0.3 is 15.6 Å². The van der Waals surface area contributed by atoms with Crippen LogP contribution in [0.2, 0.25) is 5.15 Å². The summed E-state index contributed by atoms with van der Waals surface area (Å²) < 4.78 is 15.3. The largest absolute Gasteiger partial charge is 0.334 e. The summed E-state index contributed by atoms with van der Waals surface area (Å²) in [6.45, 7) is 0.370. The highest BCUT2D eigenvalue weighted by Gasteiger charge is 2.22. The molecular weight excluding hydrogens is 580 g/mol. The van der Waals surface area contributed by atoms with E-state index in [2.05, 4.69) is 43.2 Å². The number of aromatic nitrogens is 2. The molecule has 0 saturated heterocycles. The average Bonchev–Trinajstić information content (AvgIpc) is 3.24. The Morgan fingerprint density at radius 1 is 1.11 bits per heavy atom. The van der Waals surface area contributed by atoms with E-state index in [4.69, 9.17) is 16.9 Å². The van der Waals surface area contributed by atoms with Crippen molar-refractivity contribution >= 4 is 40.2 Å². The Labute approximate surface area is 220 Å². The van der Waals surface area contributed by atoms with Gasteiger partial charge in [-0.05, 0) is 64.4 Å². The van der Waals surface area contributed by atoms with Crippen LogP contribution in [-0.2, 0) is 13.0 Å². The predicted molar refractivity (Wildman–Crippen MR) is 141 cm³/mol. The maximum atomic E-state index is 14.2. The topological polar surface area (TPSA) is 93.6 Å². The Balaban J connectivity index is 1.57.